The summed E-state index contributed by atoms with van der Waals surface area (Å²) in [6, 6.07) is -0.592. The minimum absolute atomic E-state index is 0.151. The summed E-state index contributed by atoms with van der Waals surface area (Å²) in [5.41, 5.74) is -1.64. The van der Waals surface area contributed by atoms with E-state index in [1.54, 1.807) is 26.8 Å². The number of hydrogen-bond donors (Lipinski definition) is 3. The van der Waals surface area contributed by atoms with Crippen LogP contribution in [-0.4, -0.2) is 69.1 Å². The van der Waals surface area contributed by atoms with E-state index in [1.807, 2.05) is 6.92 Å². The Morgan fingerprint density at radius 3 is 2.56 bits per heavy atom. The first-order valence-corrected chi connectivity index (χ1v) is 14.4. The highest BCUT2D eigenvalue weighted by Gasteiger charge is 2.65. The number of carbonyl (C=O) groups is 2. The molecule has 0 bridgehead atoms. The van der Waals surface area contributed by atoms with Crippen molar-refractivity contribution in [2.24, 2.45) is 17.3 Å². The molecule has 8 atom stereocenters. The van der Waals surface area contributed by atoms with Crippen LogP contribution in [-0.2, 0) is 19.1 Å². The number of oxazole rings is 1. The van der Waals surface area contributed by atoms with Gasteiger partial charge in [-0.2, -0.15) is 0 Å². The van der Waals surface area contributed by atoms with Crippen LogP contribution in [0.25, 0.3) is 6.08 Å². The van der Waals surface area contributed by atoms with Crippen molar-refractivity contribution in [3.63, 3.8) is 0 Å². The van der Waals surface area contributed by atoms with E-state index in [0.29, 0.717) is 36.1 Å². The number of hydrogen-bond acceptors (Lipinski definition) is 8. The number of ether oxygens (including phenoxy) is 2. The molecule has 4 rings (SSSR count). The van der Waals surface area contributed by atoms with E-state index < -0.39 is 46.7 Å². The van der Waals surface area contributed by atoms with Gasteiger partial charge in [0.25, 0.3) is 0 Å². The Bertz CT molecular complexity index is 1100. The molecular formula is C29H43ClN2O7. The molecule has 1 amide bonds. The number of aromatic nitrogens is 1. The molecule has 3 aliphatic heterocycles. The van der Waals surface area contributed by atoms with Gasteiger partial charge >= 0.3 is 0 Å². The van der Waals surface area contributed by atoms with Crippen molar-refractivity contribution in [2.45, 2.75) is 116 Å². The van der Waals surface area contributed by atoms with Crippen molar-refractivity contribution in [2.75, 3.05) is 6.61 Å². The SMILES string of the molecule is CCC12C[C@@H](C(Cl)=Cc3coc(C)n3)NC(=O)C[C@H](O)C(C)(C)C(=O)[C@@H](C3CO3)[C@H](O)[C@@H](C)CCCC1(C)O2. The Kier molecular flexibility index (Phi) is 8.70. The van der Waals surface area contributed by atoms with Crippen LogP contribution in [0.2, 0.25) is 0 Å². The number of aryl methyl sites for hydroxylation is 1. The Balaban J connectivity index is 1.64. The van der Waals surface area contributed by atoms with Crippen molar-refractivity contribution in [3.8, 4) is 0 Å². The number of epoxide rings is 2. The second kappa shape index (κ2) is 11.2. The fourth-order valence-corrected chi connectivity index (χ4v) is 6.38. The van der Waals surface area contributed by atoms with Gasteiger partial charge in [0.15, 0.2) is 5.89 Å². The Labute approximate surface area is 235 Å². The van der Waals surface area contributed by atoms with Gasteiger partial charge in [-0.25, -0.2) is 4.98 Å². The minimum atomic E-state index is -1.28. The summed E-state index contributed by atoms with van der Waals surface area (Å²) in [6.45, 7) is 11.5. The summed E-state index contributed by atoms with van der Waals surface area (Å²) in [6.07, 6.45) is 3.75. The molecule has 0 aliphatic carbocycles. The zero-order valence-electron chi connectivity index (χ0n) is 23.8. The summed E-state index contributed by atoms with van der Waals surface area (Å²) in [7, 11) is 0. The number of ketones is 1. The normalized spacial score (nSPS) is 40.1. The van der Waals surface area contributed by atoms with E-state index in [4.69, 9.17) is 25.5 Å². The molecule has 10 heteroatoms. The Hall–Kier alpha value is -1.78. The molecule has 3 unspecified atom stereocenters. The maximum absolute atomic E-state index is 13.7. The third-order valence-electron chi connectivity index (χ3n) is 9.21. The lowest BCUT2D eigenvalue weighted by molar-refractivity contribution is -0.145. The fourth-order valence-electron chi connectivity index (χ4n) is 6.14. The lowest BCUT2D eigenvalue weighted by Crippen LogP contribution is -2.50. The third-order valence-corrected chi connectivity index (χ3v) is 9.58. The molecule has 1 aromatic heterocycles. The Morgan fingerprint density at radius 1 is 1.28 bits per heavy atom. The molecule has 0 radical (unpaired) electrons. The average Bonchev–Trinajstić information content (AvgIpc) is 3.75. The van der Waals surface area contributed by atoms with Crippen molar-refractivity contribution >= 4 is 29.4 Å². The predicted molar refractivity (Wildman–Crippen MR) is 146 cm³/mol. The van der Waals surface area contributed by atoms with Crippen LogP contribution in [0.1, 0.15) is 84.7 Å². The number of carbonyl (C=O) groups excluding carboxylic acids is 2. The van der Waals surface area contributed by atoms with Gasteiger partial charge in [-0.05, 0) is 38.2 Å². The summed E-state index contributed by atoms with van der Waals surface area (Å²) in [4.78, 5) is 31.2. The van der Waals surface area contributed by atoms with Gasteiger partial charge in [-0.15, -0.1) is 0 Å². The molecule has 0 spiro atoms. The maximum atomic E-state index is 13.7. The molecule has 1 aromatic rings. The van der Waals surface area contributed by atoms with Crippen molar-refractivity contribution in [1.82, 2.24) is 10.3 Å². The minimum Gasteiger partial charge on any atom is -0.449 e. The van der Waals surface area contributed by atoms with Crippen molar-refractivity contribution < 1.29 is 33.7 Å². The molecule has 3 saturated heterocycles. The van der Waals surface area contributed by atoms with E-state index in [2.05, 4.69) is 24.1 Å². The summed E-state index contributed by atoms with van der Waals surface area (Å²) in [5, 5.41) is 25.7. The van der Waals surface area contributed by atoms with E-state index >= 15 is 0 Å². The van der Waals surface area contributed by atoms with Crippen LogP contribution in [0.5, 0.6) is 0 Å². The number of halogens is 1. The average molecular weight is 567 g/mol. The molecule has 3 fully saturated rings. The van der Waals surface area contributed by atoms with Crippen LogP contribution in [0.15, 0.2) is 15.7 Å². The van der Waals surface area contributed by atoms with E-state index in [-0.39, 0.29) is 24.2 Å². The van der Waals surface area contributed by atoms with Crippen molar-refractivity contribution in [1.29, 1.82) is 0 Å². The lowest BCUT2D eigenvalue weighted by atomic mass is 9.71. The zero-order chi connectivity index (χ0) is 28.8. The summed E-state index contributed by atoms with van der Waals surface area (Å²) < 4.78 is 17.1. The number of nitrogens with one attached hydrogen (secondary N) is 1. The number of aliphatic hydroxyl groups excluding tert-OH is 2. The van der Waals surface area contributed by atoms with Crippen LogP contribution in [0.3, 0.4) is 0 Å². The number of nitrogens with zero attached hydrogens (tertiary/aromatic N) is 1. The third kappa shape index (κ3) is 6.27. The highest BCUT2D eigenvalue weighted by molar-refractivity contribution is 6.32. The molecule has 9 nitrogen and oxygen atoms in total. The van der Waals surface area contributed by atoms with Gasteiger partial charge in [0.05, 0.1) is 59.9 Å². The summed E-state index contributed by atoms with van der Waals surface area (Å²) >= 11 is 6.78. The van der Waals surface area contributed by atoms with Gasteiger partial charge in [0, 0.05) is 18.4 Å². The number of amides is 1. The molecule has 218 valence electrons. The van der Waals surface area contributed by atoms with Gasteiger partial charge in [0.2, 0.25) is 5.91 Å². The van der Waals surface area contributed by atoms with Crippen LogP contribution in [0, 0.1) is 24.2 Å². The smallest absolute Gasteiger partial charge is 0.223 e. The van der Waals surface area contributed by atoms with Crippen LogP contribution < -0.4 is 5.32 Å². The molecule has 0 saturated carbocycles. The van der Waals surface area contributed by atoms with Crippen molar-refractivity contribution in [3.05, 3.63) is 22.9 Å². The topological polar surface area (TPSA) is 138 Å². The zero-order valence-corrected chi connectivity index (χ0v) is 24.6. The maximum Gasteiger partial charge on any atom is 0.223 e. The molecular weight excluding hydrogens is 524 g/mol. The van der Waals surface area contributed by atoms with Gasteiger partial charge in [-0.1, -0.05) is 45.7 Å². The number of rotatable bonds is 4. The van der Waals surface area contributed by atoms with E-state index in [9.17, 15) is 19.8 Å². The van der Waals surface area contributed by atoms with Crippen LogP contribution >= 0.6 is 11.6 Å². The van der Waals surface area contributed by atoms with Gasteiger partial charge < -0.3 is 29.4 Å². The lowest BCUT2D eigenvalue weighted by Gasteiger charge is -2.35. The van der Waals surface area contributed by atoms with E-state index in [0.717, 1.165) is 19.3 Å². The first-order valence-electron chi connectivity index (χ1n) is 14.0. The first-order chi connectivity index (χ1) is 18.2. The number of aliphatic hydroxyl groups is 2. The fraction of sp³-hybridized carbons (Fsp3) is 0.759. The van der Waals surface area contributed by atoms with Crippen LogP contribution in [0.4, 0.5) is 0 Å². The molecule has 39 heavy (non-hydrogen) atoms. The highest BCUT2D eigenvalue weighted by atomic mass is 35.5. The molecule has 3 N–H and O–H groups in total. The number of Topliss-reactive ketones (excluding diaryl/α,β-unsaturated/α-hetero) is 1. The largest absolute Gasteiger partial charge is 0.449 e. The Morgan fingerprint density at radius 2 is 1.97 bits per heavy atom. The summed E-state index contributed by atoms with van der Waals surface area (Å²) in [5.74, 6) is -1.15. The first kappa shape index (κ1) is 30.2. The van der Waals surface area contributed by atoms with Gasteiger partial charge in [-0.3, -0.25) is 9.59 Å². The molecule has 3 aliphatic rings. The quantitative estimate of drug-likeness (QED) is 0.466. The van der Waals surface area contributed by atoms with E-state index in [1.165, 1.54) is 6.26 Å². The molecule has 0 aromatic carbocycles. The standard InChI is InChI=1S/C29H43ClN2O7/c1-7-29-13-20(19(30)11-18-14-37-17(3)31-18)32-23(34)12-22(33)27(4,5)26(36)24(21-15-38-21)25(35)16(2)9-8-10-28(29,6)39-29/h11,14,16,20-22,24-25,33,35H,7-10,12-13,15H2,1-6H3,(H,32,34)/t16-,20-,21?,22-,24-,25+,28?,29?/m0/s1. The van der Waals surface area contributed by atoms with Gasteiger partial charge in [0.1, 0.15) is 17.7 Å². The molecule has 4 heterocycles. The second-order valence-corrected chi connectivity index (χ2v) is 12.8. The predicted octanol–water partition coefficient (Wildman–Crippen LogP) is 3.92. The highest BCUT2D eigenvalue weighted by Crippen LogP contribution is 2.56. The number of fused-ring (bicyclic) bond motifs is 1. The second-order valence-electron chi connectivity index (χ2n) is 12.4. The monoisotopic (exact) mass is 566 g/mol.